The van der Waals surface area contributed by atoms with Gasteiger partial charge in [0.15, 0.2) is 0 Å². The summed E-state index contributed by atoms with van der Waals surface area (Å²) >= 11 is 0. The summed E-state index contributed by atoms with van der Waals surface area (Å²) in [7, 11) is 0. The molecular weight excluding hydrogens is 280 g/mol. The van der Waals surface area contributed by atoms with Gasteiger partial charge in [-0.2, -0.15) is 0 Å². The van der Waals surface area contributed by atoms with Crippen LogP contribution in [0.15, 0.2) is 0 Å². The zero-order chi connectivity index (χ0) is 15.9. The summed E-state index contributed by atoms with van der Waals surface area (Å²) in [5.74, 6) is 0.450. The summed E-state index contributed by atoms with van der Waals surface area (Å²) in [5, 5.41) is 0. The first-order chi connectivity index (χ1) is 10.6. The van der Waals surface area contributed by atoms with Gasteiger partial charge in [-0.25, -0.2) is 0 Å². The van der Waals surface area contributed by atoms with Gasteiger partial charge in [0.25, 0.3) is 0 Å². The fourth-order valence-corrected chi connectivity index (χ4v) is 3.78. The maximum absolute atomic E-state index is 11.8. The lowest BCUT2D eigenvalue weighted by Crippen LogP contribution is -2.24. The lowest BCUT2D eigenvalue weighted by atomic mass is 10.0. The third kappa shape index (κ3) is 5.29. The summed E-state index contributed by atoms with van der Waals surface area (Å²) in [6.07, 6.45) is 9.74. The summed E-state index contributed by atoms with van der Waals surface area (Å²) in [6, 6.07) is 0. The first-order valence-electron chi connectivity index (χ1n) is 8.95. The van der Waals surface area contributed by atoms with Crippen molar-refractivity contribution in [2.24, 2.45) is 11.8 Å². The van der Waals surface area contributed by atoms with E-state index in [1.807, 2.05) is 13.8 Å². The van der Waals surface area contributed by atoms with E-state index in [0.29, 0.717) is 11.8 Å². The summed E-state index contributed by atoms with van der Waals surface area (Å²) < 4.78 is 10.9. The monoisotopic (exact) mass is 310 g/mol. The van der Waals surface area contributed by atoms with Crippen molar-refractivity contribution in [2.45, 2.75) is 90.3 Å². The molecule has 0 aromatic heterocycles. The Morgan fingerprint density at radius 1 is 0.773 bits per heavy atom. The highest BCUT2D eigenvalue weighted by molar-refractivity contribution is 5.77. The number of rotatable bonds is 7. The second kappa shape index (κ2) is 8.54. The van der Waals surface area contributed by atoms with Gasteiger partial charge in [-0.15, -0.1) is 0 Å². The Labute approximate surface area is 133 Å². The lowest BCUT2D eigenvalue weighted by molar-refractivity contribution is -0.157. The summed E-state index contributed by atoms with van der Waals surface area (Å²) in [5.41, 5.74) is 0. The van der Waals surface area contributed by atoms with Crippen molar-refractivity contribution >= 4 is 11.9 Å². The van der Waals surface area contributed by atoms with Gasteiger partial charge in [-0.3, -0.25) is 9.59 Å². The smallest absolute Gasteiger partial charge is 0.306 e. The number of carbonyl (C=O) groups excluding carboxylic acids is 2. The fraction of sp³-hybridized carbons (Fsp3) is 0.889. The van der Waals surface area contributed by atoms with E-state index in [2.05, 4.69) is 0 Å². The minimum absolute atomic E-state index is 0.0246. The van der Waals surface area contributed by atoms with Gasteiger partial charge in [0.2, 0.25) is 0 Å². The molecule has 0 aromatic rings. The van der Waals surface area contributed by atoms with E-state index in [1.54, 1.807) is 0 Å². The molecule has 0 amide bonds. The third-order valence-electron chi connectivity index (χ3n) is 5.30. The lowest BCUT2D eigenvalue weighted by Gasteiger charge is -2.20. The molecule has 0 N–H and O–H groups in total. The number of carbonyl (C=O) groups is 2. The molecule has 0 bridgehead atoms. The maximum atomic E-state index is 11.8. The van der Waals surface area contributed by atoms with Crippen molar-refractivity contribution in [2.75, 3.05) is 0 Å². The van der Waals surface area contributed by atoms with Crippen LogP contribution in [0, 0.1) is 11.8 Å². The minimum Gasteiger partial charge on any atom is -0.462 e. The molecule has 0 aromatic carbocycles. The third-order valence-corrected chi connectivity index (χ3v) is 5.30. The standard InChI is InChI=1S/C18H30O4/c1-13(15-7-3-4-8-15)21-17(19)11-12-18(20)22-14(2)16-9-5-6-10-16/h13-16H,3-12H2,1-2H3. The molecule has 2 unspecified atom stereocenters. The van der Waals surface area contributed by atoms with Crippen LogP contribution in [-0.4, -0.2) is 24.1 Å². The highest BCUT2D eigenvalue weighted by atomic mass is 16.5. The zero-order valence-corrected chi connectivity index (χ0v) is 14.0. The van der Waals surface area contributed by atoms with Gasteiger partial charge in [-0.05, 0) is 51.4 Å². The Morgan fingerprint density at radius 3 is 1.41 bits per heavy atom. The van der Waals surface area contributed by atoms with Gasteiger partial charge in [-0.1, -0.05) is 25.7 Å². The van der Waals surface area contributed by atoms with Crippen LogP contribution < -0.4 is 0 Å². The molecule has 2 aliphatic rings. The molecule has 2 fully saturated rings. The second-order valence-electron chi connectivity index (χ2n) is 6.98. The molecule has 0 radical (unpaired) electrons. The van der Waals surface area contributed by atoms with Crippen LogP contribution in [0.4, 0.5) is 0 Å². The molecule has 126 valence electrons. The maximum Gasteiger partial charge on any atom is 0.306 e. The first kappa shape index (κ1) is 17.3. The van der Waals surface area contributed by atoms with Crippen molar-refractivity contribution in [1.29, 1.82) is 0 Å². The molecule has 2 saturated carbocycles. The van der Waals surface area contributed by atoms with Gasteiger partial charge in [0.05, 0.1) is 12.8 Å². The molecule has 2 rings (SSSR count). The Balaban J connectivity index is 1.61. The van der Waals surface area contributed by atoms with Crippen molar-refractivity contribution in [3.63, 3.8) is 0 Å². The Hall–Kier alpha value is -1.06. The fourth-order valence-electron chi connectivity index (χ4n) is 3.78. The molecule has 0 saturated heterocycles. The molecule has 4 nitrogen and oxygen atoms in total. The predicted molar refractivity (Wildman–Crippen MR) is 84.3 cm³/mol. The van der Waals surface area contributed by atoms with Crippen LogP contribution in [0.1, 0.15) is 78.1 Å². The zero-order valence-electron chi connectivity index (χ0n) is 14.0. The van der Waals surface area contributed by atoms with E-state index in [4.69, 9.17) is 9.47 Å². The molecule has 0 aliphatic heterocycles. The highest BCUT2D eigenvalue weighted by Gasteiger charge is 2.26. The molecule has 0 heterocycles. The molecule has 22 heavy (non-hydrogen) atoms. The first-order valence-corrected chi connectivity index (χ1v) is 8.95. The van der Waals surface area contributed by atoms with E-state index in [-0.39, 0.29) is 37.0 Å². The van der Waals surface area contributed by atoms with Gasteiger partial charge in [0.1, 0.15) is 12.2 Å². The largest absolute Gasteiger partial charge is 0.462 e. The van der Waals surface area contributed by atoms with Gasteiger partial charge >= 0.3 is 11.9 Å². The van der Waals surface area contributed by atoms with Crippen molar-refractivity contribution in [3.8, 4) is 0 Å². The normalized spacial score (nSPS) is 22.5. The Morgan fingerprint density at radius 2 is 1.09 bits per heavy atom. The van der Waals surface area contributed by atoms with E-state index < -0.39 is 0 Å². The van der Waals surface area contributed by atoms with E-state index >= 15 is 0 Å². The number of hydrogen-bond acceptors (Lipinski definition) is 4. The van der Waals surface area contributed by atoms with E-state index in [1.165, 1.54) is 25.7 Å². The topological polar surface area (TPSA) is 52.6 Å². The van der Waals surface area contributed by atoms with Crippen LogP contribution in [0.25, 0.3) is 0 Å². The molecular formula is C18H30O4. The SMILES string of the molecule is CC(OC(=O)CCC(=O)OC(C)C1CCCC1)C1CCCC1. The van der Waals surface area contributed by atoms with E-state index in [0.717, 1.165) is 25.7 Å². The summed E-state index contributed by atoms with van der Waals surface area (Å²) in [4.78, 5) is 23.7. The molecule has 2 aliphatic carbocycles. The number of ether oxygens (including phenoxy) is 2. The number of hydrogen-bond donors (Lipinski definition) is 0. The quantitative estimate of drug-likeness (QED) is 0.667. The number of esters is 2. The summed E-state index contributed by atoms with van der Waals surface area (Å²) in [6.45, 7) is 3.93. The van der Waals surface area contributed by atoms with Crippen molar-refractivity contribution in [3.05, 3.63) is 0 Å². The van der Waals surface area contributed by atoms with Gasteiger partial charge in [0, 0.05) is 0 Å². The van der Waals surface area contributed by atoms with Crippen LogP contribution in [-0.2, 0) is 19.1 Å². The highest BCUT2D eigenvalue weighted by Crippen LogP contribution is 2.30. The molecule has 4 heteroatoms. The van der Waals surface area contributed by atoms with Crippen LogP contribution in [0.3, 0.4) is 0 Å². The van der Waals surface area contributed by atoms with Gasteiger partial charge < -0.3 is 9.47 Å². The minimum atomic E-state index is -0.273. The molecule has 0 spiro atoms. The van der Waals surface area contributed by atoms with E-state index in [9.17, 15) is 9.59 Å². The average Bonchev–Trinajstić information content (AvgIpc) is 3.17. The molecule has 2 atom stereocenters. The van der Waals surface area contributed by atoms with Crippen molar-refractivity contribution in [1.82, 2.24) is 0 Å². The Kier molecular flexibility index (Phi) is 6.71. The van der Waals surface area contributed by atoms with Crippen LogP contribution in [0.2, 0.25) is 0 Å². The van der Waals surface area contributed by atoms with Crippen LogP contribution >= 0.6 is 0 Å². The Bertz CT molecular complexity index is 331. The van der Waals surface area contributed by atoms with Crippen LogP contribution in [0.5, 0.6) is 0 Å². The second-order valence-corrected chi connectivity index (χ2v) is 6.98. The predicted octanol–water partition coefficient (Wildman–Crippen LogP) is 4.01. The van der Waals surface area contributed by atoms with Crippen molar-refractivity contribution < 1.29 is 19.1 Å². The average molecular weight is 310 g/mol.